The molecule has 1 aliphatic carbocycles. The first kappa shape index (κ1) is 14.0. The Morgan fingerprint density at radius 3 is 2.74 bits per heavy atom. The number of aliphatic hydroxyl groups is 2. The van der Waals surface area contributed by atoms with Gasteiger partial charge in [-0.2, -0.15) is 0 Å². The molecular weight excluding hydrogens is 272 g/mol. The number of halogens is 1. The number of rotatable bonds is 4. The van der Waals surface area contributed by atoms with E-state index in [2.05, 4.69) is 4.98 Å². The van der Waals surface area contributed by atoms with Crippen LogP contribution < -0.4 is 11.2 Å². The van der Waals surface area contributed by atoms with Gasteiger partial charge in [-0.15, -0.1) is 0 Å². The van der Waals surface area contributed by atoms with E-state index in [-0.39, 0.29) is 36.7 Å². The highest BCUT2D eigenvalue weighted by Crippen LogP contribution is 2.42. The number of hydrogen-bond donors (Lipinski definition) is 3. The van der Waals surface area contributed by atoms with Crippen LogP contribution in [-0.2, 0) is 0 Å². The monoisotopic (exact) mass is 286 g/mol. The van der Waals surface area contributed by atoms with E-state index < -0.39 is 11.2 Å². The van der Waals surface area contributed by atoms with Crippen LogP contribution in [-0.4, -0.2) is 33.0 Å². The normalized spacial score (nSPS) is 26.6. The van der Waals surface area contributed by atoms with Gasteiger partial charge in [-0.1, -0.05) is 11.6 Å². The third-order valence-electron chi connectivity index (χ3n) is 3.68. The van der Waals surface area contributed by atoms with E-state index in [9.17, 15) is 14.7 Å². The van der Waals surface area contributed by atoms with Crippen LogP contribution in [0.1, 0.15) is 18.0 Å². The van der Waals surface area contributed by atoms with Gasteiger partial charge >= 0.3 is 5.69 Å². The van der Waals surface area contributed by atoms with Crippen molar-refractivity contribution in [2.24, 2.45) is 11.8 Å². The molecule has 1 saturated carbocycles. The Labute approximate surface area is 114 Å². The molecule has 0 aliphatic heterocycles. The number of nitrogens with one attached hydrogen (secondary N) is 1. The van der Waals surface area contributed by atoms with Crippen LogP contribution in [0.3, 0.4) is 0 Å². The van der Waals surface area contributed by atoms with Gasteiger partial charge in [-0.05, 0) is 18.4 Å². The molecule has 1 unspecified atom stereocenters. The molecule has 7 heteroatoms. The third-order valence-corrected chi connectivity index (χ3v) is 3.81. The molecule has 0 bridgehead atoms. The Bertz CT molecular complexity index is 592. The van der Waals surface area contributed by atoms with Crippen molar-refractivity contribution in [3.63, 3.8) is 0 Å². The largest absolute Gasteiger partial charge is 0.396 e. The van der Waals surface area contributed by atoms with E-state index in [4.69, 9.17) is 16.7 Å². The second-order valence-corrected chi connectivity index (χ2v) is 4.89. The summed E-state index contributed by atoms with van der Waals surface area (Å²) in [7, 11) is 0. The number of aromatic nitrogens is 2. The second kappa shape index (κ2) is 5.73. The maximum absolute atomic E-state index is 11.8. The van der Waals surface area contributed by atoms with Crippen molar-refractivity contribution >= 4 is 17.7 Å². The summed E-state index contributed by atoms with van der Waals surface area (Å²) in [6, 6.07) is -0.214. The van der Waals surface area contributed by atoms with Crippen molar-refractivity contribution in [3.05, 3.63) is 38.1 Å². The quantitative estimate of drug-likeness (QED) is 0.721. The van der Waals surface area contributed by atoms with Gasteiger partial charge in [0.15, 0.2) is 0 Å². The summed E-state index contributed by atoms with van der Waals surface area (Å²) in [5.41, 5.74) is 0.451. The zero-order chi connectivity index (χ0) is 14.0. The summed E-state index contributed by atoms with van der Waals surface area (Å²) in [5, 5.41) is 18.4. The van der Waals surface area contributed by atoms with E-state index >= 15 is 0 Å². The first-order valence-electron chi connectivity index (χ1n) is 5.96. The lowest BCUT2D eigenvalue weighted by atomic mass is 9.70. The van der Waals surface area contributed by atoms with Gasteiger partial charge in [0, 0.05) is 36.9 Å². The van der Waals surface area contributed by atoms with Crippen LogP contribution in [0.25, 0.3) is 6.08 Å². The predicted octanol–water partition coefficient (Wildman–Crippen LogP) is -0.0921. The smallest absolute Gasteiger partial charge is 0.328 e. The molecule has 104 valence electrons. The average molecular weight is 287 g/mol. The molecule has 0 radical (unpaired) electrons. The highest BCUT2D eigenvalue weighted by molar-refractivity contribution is 6.27. The summed E-state index contributed by atoms with van der Waals surface area (Å²) < 4.78 is 1.39. The number of hydrogen-bond acceptors (Lipinski definition) is 4. The fourth-order valence-corrected chi connectivity index (χ4v) is 2.65. The van der Waals surface area contributed by atoms with Crippen LogP contribution in [0.4, 0.5) is 0 Å². The first-order valence-corrected chi connectivity index (χ1v) is 6.40. The summed E-state index contributed by atoms with van der Waals surface area (Å²) in [5.74, 6) is -0.192. The molecule has 0 saturated heterocycles. The van der Waals surface area contributed by atoms with Crippen molar-refractivity contribution in [2.45, 2.75) is 12.5 Å². The molecule has 3 N–H and O–H groups in total. The topological polar surface area (TPSA) is 95.3 Å². The molecule has 0 spiro atoms. The van der Waals surface area contributed by atoms with Crippen molar-refractivity contribution in [2.75, 3.05) is 13.2 Å². The van der Waals surface area contributed by atoms with Crippen molar-refractivity contribution in [3.8, 4) is 0 Å². The van der Waals surface area contributed by atoms with Gasteiger partial charge in [-0.3, -0.25) is 14.3 Å². The Balaban J connectivity index is 2.38. The molecule has 0 amide bonds. The summed E-state index contributed by atoms with van der Waals surface area (Å²) in [6.07, 6.45) is 3.42. The van der Waals surface area contributed by atoms with Gasteiger partial charge in [0.2, 0.25) is 0 Å². The molecule has 1 aromatic rings. The Kier molecular flexibility index (Phi) is 4.24. The van der Waals surface area contributed by atoms with E-state index in [0.717, 1.165) is 0 Å². The molecular formula is C12H15ClN2O4. The fraction of sp³-hybridized carbons (Fsp3) is 0.500. The minimum atomic E-state index is -0.517. The Hall–Kier alpha value is -1.37. The summed E-state index contributed by atoms with van der Waals surface area (Å²) >= 11 is 5.44. The highest BCUT2D eigenvalue weighted by Gasteiger charge is 2.41. The van der Waals surface area contributed by atoms with E-state index in [1.54, 1.807) is 0 Å². The lowest BCUT2D eigenvalue weighted by Gasteiger charge is -2.43. The van der Waals surface area contributed by atoms with E-state index in [0.29, 0.717) is 6.42 Å². The summed E-state index contributed by atoms with van der Waals surface area (Å²) in [4.78, 5) is 25.5. The minimum absolute atomic E-state index is 0.0131. The number of aromatic amines is 1. The number of nitrogens with zero attached hydrogens (tertiary/aromatic N) is 1. The SMILES string of the molecule is O=c1[nH]c(=O)n(C2C[C@H](CO)[C@H]2CO)cc1C=CCl. The van der Waals surface area contributed by atoms with Crippen molar-refractivity contribution in [1.82, 2.24) is 9.55 Å². The molecule has 3 atom stereocenters. The van der Waals surface area contributed by atoms with Crippen LogP contribution in [0, 0.1) is 11.8 Å². The van der Waals surface area contributed by atoms with Crippen LogP contribution in [0.2, 0.25) is 0 Å². The molecule has 19 heavy (non-hydrogen) atoms. The standard InChI is InChI=1S/C12H15ClN2O4/c13-2-1-7-4-15(12(19)14-11(7)18)10-3-8(5-16)9(10)6-17/h1-2,4,8-10,16-17H,3,5-6H2,(H,14,18,19)/t8-,9-,10?/m1/s1. The first-order chi connectivity index (χ1) is 9.12. The van der Waals surface area contributed by atoms with Crippen LogP contribution >= 0.6 is 11.6 Å². The van der Waals surface area contributed by atoms with Crippen LogP contribution in [0.5, 0.6) is 0 Å². The average Bonchev–Trinajstić information content (AvgIpc) is 2.34. The minimum Gasteiger partial charge on any atom is -0.396 e. The fourth-order valence-electron chi connectivity index (χ4n) is 2.51. The molecule has 6 nitrogen and oxygen atoms in total. The molecule has 1 aliphatic rings. The Morgan fingerprint density at radius 1 is 1.42 bits per heavy atom. The molecule has 1 fully saturated rings. The molecule has 2 rings (SSSR count). The zero-order valence-electron chi connectivity index (χ0n) is 10.1. The maximum Gasteiger partial charge on any atom is 0.328 e. The lowest BCUT2D eigenvalue weighted by molar-refractivity contribution is -0.00876. The van der Waals surface area contributed by atoms with Gasteiger partial charge in [-0.25, -0.2) is 4.79 Å². The van der Waals surface area contributed by atoms with Crippen molar-refractivity contribution in [1.29, 1.82) is 0 Å². The lowest BCUT2D eigenvalue weighted by Crippen LogP contribution is -2.47. The third kappa shape index (κ3) is 2.51. The second-order valence-electron chi connectivity index (χ2n) is 4.64. The van der Waals surface area contributed by atoms with Gasteiger partial charge in [0.1, 0.15) is 0 Å². The number of H-pyrrole nitrogens is 1. The van der Waals surface area contributed by atoms with Gasteiger partial charge in [0.05, 0.1) is 5.56 Å². The van der Waals surface area contributed by atoms with Crippen LogP contribution in [0.15, 0.2) is 21.3 Å². The molecule has 1 aromatic heterocycles. The Morgan fingerprint density at radius 2 is 2.16 bits per heavy atom. The van der Waals surface area contributed by atoms with Gasteiger partial charge in [0.25, 0.3) is 5.56 Å². The number of aliphatic hydroxyl groups excluding tert-OH is 2. The van der Waals surface area contributed by atoms with E-state index in [1.165, 1.54) is 22.4 Å². The van der Waals surface area contributed by atoms with Gasteiger partial charge < -0.3 is 10.2 Å². The zero-order valence-corrected chi connectivity index (χ0v) is 10.9. The molecule has 1 heterocycles. The molecule has 0 aromatic carbocycles. The summed E-state index contributed by atoms with van der Waals surface area (Å²) in [6.45, 7) is -0.129. The maximum atomic E-state index is 11.8. The van der Waals surface area contributed by atoms with E-state index in [1.807, 2.05) is 0 Å². The van der Waals surface area contributed by atoms with Crippen molar-refractivity contribution < 1.29 is 10.2 Å². The highest BCUT2D eigenvalue weighted by atomic mass is 35.5. The predicted molar refractivity (Wildman–Crippen MR) is 71.0 cm³/mol.